The largest absolute Gasteiger partial charge is 0.336 e. The monoisotopic (exact) mass is 364 g/mol. The van der Waals surface area contributed by atoms with Crippen molar-refractivity contribution in [2.45, 2.75) is 65.0 Å². The maximum Gasteiger partial charge on any atom is 0.325 e. The van der Waals surface area contributed by atoms with E-state index in [1.807, 2.05) is 6.92 Å². The van der Waals surface area contributed by atoms with Gasteiger partial charge in [0.15, 0.2) is 0 Å². The van der Waals surface area contributed by atoms with E-state index in [4.69, 9.17) is 0 Å². The molecule has 1 unspecified atom stereocenters. The van der Waals surface area contributed by atoms with Gasteiger partial charge in [0.05, 0.1) is 0 Å². The van der Waals surface area contributed by atoms with Crippen molar-refractivity contribution in [1.82, 2.24) is 20.4 Å². The van der Waals surface area contributed by atoms with Gasteiger partial charge >= 0.3 is 6.03 Å². The Morgan fingerprint density at radius 2 is 1.88 bits per heavy atom. The molecule has 0 aromatic heterocycles. The number of imide groups is 1. The molecular formula is C19H32N4O3. The van der Waals surface area contributed by atoms with Crippen LogP contribution >= 0.6 is 0 Å². The summed E-state index contributed by atoms with van der Waals surface area (Å²) in [5.41, 5.74) is -0.588. The molecule has 1 saturated carbocycles. The summed E-state index contributed by atoms with van der Waals surface area (Å²) >= 11 is 0. The molecule has 7 heteroatoms. The topological polar surface area (TPSA) is 81.8 Å². The molecule has 3 rings (SSSR count). The van der Waals surface area contributed by atoms with Crippen LogP contribution in [0.15, 0.2) is 0 Å². The van der Waals surface area contributed by atoms with E-state index < -0.39 is 11.6 Å². The van der Waals surface area contributed by atoms with Gasteiger partial charge in [-0.25, -0.2) is 4.79 Å². The molecule has 0 radical (unpaired) electrons. The number of carbonyl (C=O) groups excluding carboxylic acids is 3. The number of rotatable bonds is 2. The maximum atomic E-state index is 13.0. The molecule has 1 spiro atoms. The van der Waals surface area contributed by atoms with Gasteiger partial charge in [0.2, 0.25) is 5.91 Å². The minimum Gasteiger partial charge on any atom is -0.336 e. The van der Waals surface area contributed by atoms with Crippen LogP contribution < -0.4 is 10.6 Å². The second-order valence-electron chi connectivity index (χ2n) is 9.18. The minimum absolute atomic E-state index is 0.0770. The molecule has 0 aromatic carbocycles. The van der Waals surface area contributed by atoms with Crippen molar-refractivity contribution in [2.75, 3.05) is 26.2 Å². The van der Waals surface area contributed by atoms with E-state index in [-0.39, 0.29) is 29.8 Å². The van der Waals surface area contributed by atoms with Gasteiger partial charge in [0.1, 0.15) is 12.1 Å². The van der Waals surface area contributed by atoms with Crippen molar-refractivity contribution in [2.24, 2.45) is 11.3 Å². The molecule has 3 aliphatic rings. The maximum absolute atomic E-state index is 13.0. The summed E-state index contributed by atoms with van der Waals surface area (Å²) in [6.45, 7) is 10.6. The third kappa shape index (κ3) is 3.46. The van der Waals surface area contributed by atoms with Gasteiger partial charge in [0.25, 0.3) is 5.91 Å². The minimum atomic E-state index is -0.797. The molecule has 4 amide bonds. The Kier molecular flexibility index (Phi) is 5.03. The summed E-state index contributed by atoms with van der Waals surface area (Å²) in [5, 5.41) is 6.15. The molecule has 26 heavy (non-hydrogen) atoms. The number of carbonyl (C=O) groups is 3. The number of urea groups is 1. The molecule has 0 bridgehead atoms. The smallest absolute Gasteiger partial charge is 0.325 e. The van der Waals surface area contributed by atoms with Crippen LogP contribution in [0.4, 0.5) is 4.79 Å². The van der Waals surface area contributed by atoms with Crippen LogP contribution in [0.1, 0.15) is 53.4 Å². The molecule has 2 N–H and O–H groups in total. The Bertz CT molecular complexity index is 590. The SMILES string of the molecule is CC1CNCCN1C(=O)CN1C(=O)NC2(CCC(C(C)(C)C)CC2)C1=O. The molecule has 0 aromatic rings. The lowest BCUT2D eigenvalue weighted by Gasteiger charge is -2.40. The second-order valence-corrected chi connectivity index (χ2v) is 9.18. The molecule has 2 saturated heterocycles. The molecule has 2 heterocycles. The predicted octanol–water partition coefficient (Wildman–Crippen LogP) is 1.33. The fourth-order valence-corrected chi connectivity index (χ4v) is 4.57. The summed E-state index contributed by atoms with van der Waals surface area (Å²) in [4.78, 5) is 41.0. The van der Waals surface area contributed by atoms with Crippen LogP contribution in [-0.4, -0.2) is 65.4 Å². The standard InChI is InChI=1S/C19H32N4O3/c1-13-11-20-9-10-22(13)15(24)12-23-16(25)19(21-17(23)26)7-5-14(6-8-19)18(2,3)4/h13-14,20H,5-12H2,1-4H3,(H,21,26). The van der Waals surface area contributed by atoms with E-state index in [2.05, 4.69) is 31.4 Å². The fraction of sp³-hybridized carbons (Fsp3) is 0.842. The zero-order valence-corrected chi connectivity index (χ0v) is 16.4. The van der Waals surface area contributed by atoms with E-state index >= 15 is 0 Å². The third-order valence-corrected chi connectivity index (χ3v) is 6.42. The zero-order chi connectivity index (χ0) is 19.1. The van der Waals surface area contributed by atoms with Crippen molar-refractivity contribution in [1.29, 1.82) is 0 Å². The van der Waals surface area contributed by atoms with Gasteiger partial charge in [-0.3, -0.25) is 14.5 Å². The van der Waals surface area contributed by atoms with Crippen molar-refractivity contribution >= 4 is 17.8 Å². The summed E-state index contributed by atoms with van der Waals surface area (Å²) in [6.07, 6.45) is 3.17. The van der Waals surface area contributed by atoms with Crippen LogP contribution in [0.5, 0.6) is 0 Å². The molecule has 146 valence electrons. The first-order valence-corrected chi connectivity index (χ1v) is 9.78. The van der Waals surface area contributed by atoms with Gasteiger partial charge in [-0.15, -0.1) is 0 Å². The number of nitrogens with zero attached hydrogens (tertiary/aromatic N) is 2. The number of hydrogen-bond acceptors (Lipinski definition) is 4. The van der Waals surface area contributed by atoms with Gasteiger partial charge in [-0.2, -0.15) is 0 Å². The van der Waals surface area contributed by atoms with Gasteiger partial charge in [-0.1, -0.05) is 20.8 Å². The molecule has 7 nitrogen and oxygen atoms in total. The summed E-state index contributed by atoms with van der Waals surface area (Å²) < 4.78 is 0. The molecule has 2 aliphatic heterocycles. The number of amides is 4. The average molecular weight is 364 g/mol. The normalized spacial score (nSPS) is 32.9. The second kappa shape index (κ2) is 6.83. The van der Waals surface area contributed by atoms with Crippen LogP contribution in [-0.2, 0) is 9.59 Å². The first-order valence-electron chi connectivity index (χ1n) is 9.78. The molecular weight excluding hydrogens is 332 g/mol. The Morgan fingerprint density at radius 3 is 2.46 bits per heavy atom. The molecule has 1 aliphatic carbocycles. The van der Waals surface area contributed by atoms with Gasteiger partial charge < -0.3 is 15.5 Å². The fourth-order valence-electron chi connectivity index (χ4n) is 4.57. The highest BCUT2D eigenvalue weighted by atomic mass is 16.2. The van der Waals surface area contributed by atoms with Crippen LogP contribution in [0, 0.1) is 11.3 Å². The Balaban J connectivity index is 1.65. The number of hydrogen-bond donors (Lipinski definition) is 2. The zero-order valence-electron chi connectivity index (χ0n) is 16.4. The number of nitrogens with one attached hydrogen (secondary N) is 2. The number of piperazine rings is 1. The lowest BCUT2D eigenvalue weighted by molar-refractivity contribution is -0.141. The molecule has 3 fully saturated rings. The van der Waals surface area contributed by atoms with E-state index in [0.717, 1.165) is 30.8 Å². The van der Waals surface area contributed by atoms with E-state index in [0.29, 0.717) is 25.3 Å². The summed E-state index contributed by atoms with van der Waals surface area (Å²) in [5.74, 6) is 0.184. The van der Waals surface area contributed by atoms with Crippen molar-refractivity contribution in [3.63, 3.8) is 0 Å². The van der Waals surface area contributed by atoms with E-state index in [9.17, 15) is 14.4 Å². The Morgan fingerprint density at radius 1 is 1.23 bits per heavy atom. The lowest BCUT2D eigenvalue weighted by atomic mass is 9.67. The average Bonchev–Trinajstić information content (AvgIpc) is 2.79. The highest BCUT2D eigenvalue weighted by Crippen LogP contribution is 2.43. The summed E-state index contributed by atoms with van der Waals surface area (Å²) in [7, 11) is 0. The van der Waals surface area contributed by atoms with Crippen LogP contribution in [0.2, 0.25) is 0 Å². The van der Waals surface area contributed by atoms with Gasteiger partial charge in [0, 0.05) is 25.7 Å². The van der Waals surface area contributed by atoms with Crippen molar-refractivity contribution < 1.29 is 14.4 Å². The highest BCUT2D eigenvalue weighted by molar-refractivity contribution is 6.09. The van der Waals surface area contributed by atoms with Crippen LogP contribution in [0.3, 0.4) is 0 Å². The third-order valence-electron chi connectivity index (χ3n) is 6.42. The quantitative estimate of drug-likeness (QED) is 0.725. The van der Waals surface area contributed by atoms with Crippen molar-refractivity contribution in [3.05, 3.63) is 0 Å². The van der Waals surface area contributed by atoms with Crippen LogP contribution in [0.25, 0.3) is 0 Å². The first kappa shape index (κ1) is 19.1. The lowest BCUT2D eigenvalue weighted by Crippen LogP contribution is -2.55. The Hall–Kier alpha value is -1.63. The van der Waals surface area contributed by atoms with Crippen molar-refractivity contribution in [3.8, 4) is 0 Å². The van der Waals surface area contributed by atoms with Gasteiger partial charge in [-0.05, 0) is 43.9 Å². The highest BCUT2D eigenvalue weighted by Gasteiger charge is 2.53. The predicted molar refractivity (Wildman–Crippen MR) is 98.4 cm³/mol. The Labute approximate surface area is 155 Å². The molecule has 1 atom stereocenters. The van der Waals surface area contributed by atoms with E-state index in [1.54, 1.807) is 4.90 Å². The first-order chi connectivity index (χ1) is 12.1. The summed E-state index contributed by atoms with van der Waals surface area (Å²) in [6, 6.07) is -0.339. The van der Waals surface area contributed by atoms with E-state index in [1.165, 1.54) is 0 Å².